The molecular formula is C17H18N6O3. The third kappa shape index (κ3) is 4.26. The van der Waals surface area contributed by atoms with E-state index in [2.05, 4.69) is 25.9 Å². The Morgan fingerprint density at radius 3 is 2.46 bits per heavy atom. The summed E-state index contributed by atoms with van der Waals surface area (Å²) in [6.07, 6.45) is 5.08. The molecule has 9 nitrogen and oxygen atoms in total. The van der Waals surface area contributed by atoms with Crippen molar-refractivity contribution in [2.75, 3.05) is 19.5 Å². The van der Waals surface area contributed by atoms with E-state index in [0.29, 0.717) is 22.9 Å². The molecule has 134 valence electrons. The Hall–Kier alpha value is -3.62. The van der Waals surface area contributed by atoms with Gasteiger partial charge in [0.25, 0.3) is 0 Å². The Morgan fingerprint density at radius 1 is 1.12 bits per heavy atom. The smallest absolute Gasteiger partial charge is 0.319 e. The maximum absolute atomic E-state index is 12.1. The Balaban J connectivity index is 1.59. The zero-order valence-corrected chi connectivity index (χ0v) is 14.3. The summed E-state index contributed by atoms with van der Waals surface area (Å²) >= 11 is 0. The average molecular weight is 354 g/mol. The van der Waals surface area contributed by atoms with Crippen molar-refractivity contribution >= 4 is 11.7 Å². The van der Waals surface area contributed by atoms with Crippen molar-refractivity contribution in [2.24, 2.45) is 0 Å². The fraction of sp³-hybridized carbons (Fsp3) is 0.176. The van der Waals surface area contributed by atoms with E-state index in [0.717, 1.165) is 5.69 Å². The molecule has 2 N–H and O–H groups in total. The molecule has 0 aliphatic heterocycles. The van der Waals surface area contributed by atoms with E-state index < -0.39 is 0 Å². The third-order valence-corrected chi connectivity index (χ3v) is 3.51. The summed E-state index contributed by atoms with van der Waals surface area (Å²) in [6.45, 7) is 0.234. The minimum Gasteiger partial charge on any atom is -0.497 e. The third-order valence-electron chi connectivity index (χ3n) is 3.51. The van der Waals surface area contributed by atoms with E-state index in [1.807, 2.05) is 12.1 Å². The average Bonchev–Trinajstić information content (AvgIpc) is 3.16. The second kappa shape index (κ2) is 7.97. The minimum atomic E-state index is -0.376. The van der Waals surface area contributed by atoms with Gasteiger partial charge in [-0.2, -0.15) is 0 Å². The lowest BCUT2D eigenvalue weighted by Gasteiger charge is -2.10. The van der Waals surface area contributed by atoms with E-state index in [-0.39, 0.29) is 12.6 Å². The SMILES string of the molecule is COc1cc(NC(=O)NCc2cn(-c3ccncc3)nn2)cc(OC)c1. The second-order valence-electron chi connectivity index (χ2n) is 5.27. The Labute approximate surface area is 150 Å². The van der Waals surface area contributed by atoms with Crippen molar-refractivity contribution in [3.63, 3.8) is 0 Å². The first-order valence-corrected chi connectivity index (χ1v) is 7.77. The number of nitrogens with one attached hydrogen (secondary N) is 2. The number of rotatable bonds is 6. The quantitative estimate of drug-likeness (QED) is 0.702. The number of aromatic nitrogens is 4. The van der Waals surface area contributed by atoms with Gasteiger partial charge in [-0.15, -0.1) is 5.10 Å². The molecule has 0 spiro atoms. The van der Waals surface area contributed by atoms with Gasteiger partial charge < -0.3 is 20.1 Å². The number of urea groups is 1. The summed E-state index contributed by atoms with van der Waals surface area (Å²) in [5.41, 5.74) is 2.02. The number of nitrogens with zero attached hydrogens (tertiary/aromatic N) is 4. The van der Waals surface area contributed by atoms with E-state index in [1.165, 1.54) is 0 Å². The van der Waals surface area contributed by atoms with Crippen LogP contribution >= 0.6 is 0 Å². The van der Waals surface area contributed by atoms with Gasteiger partial charge in [-0.3, -0.25) is 4.98 Å². The van der Waals surface area contributed by atoms with Gasteiger partial charge in [-0.1, -0.05) is 5.21 Å². The molecule has 0 aliphatic carbocycles. The van der Waals surface area contributed by atoms with Gasteiger partial charge in [0.1, 0.15) is 17.2 Å². The number of anilines is 1. The molecule has 0 saturated heterocycles. The zero-order valence-electron chi connectivity index (χ0n) is 14.3. The van der Waals surface area contributed by atoms with Crippen molar-refractivity contribution in [1.29, 1.82) is 0 Å². The van der Waals surface area contributed by atoms with Gasteiger partial charge in [0.2, 0.25) is 0 Å². The molecule has 0 atom stereocenters. The largest absolute Gasteiger partial charge is 0.497 e. The lowest BCUT2D eigenvalue weighted by atomic mass is 10.3. The van der Waals surface area contributed by atoms with Crippen molar-refractivity contribution in [3.8, 4) is 17.2 Å². The Kier molecular flexibility index (Phi) is 5.28. The van der Waals surface area contributed by atoms with Crippen LogP contribution in [0.4, 0.5) is 10.5 Å². The maximum atomic E-state index is 12.1. The van der Waals surface area contributed by atoms with Gasteiger partial charge in [0.05, 0.1) is 32.6 Å². The number of carbonyl (C=O) groups is 1. The predicted octanol–water partition coefficient (Wildman–Crippen LogP) is 2.00. The molecule has 2 amide bonds. The topological polar surface area (TPSA) is 103 Å². The van der Waals surface area contributed by atoms with Crippen LogP contribution in [-0.4, -0.2) is 40.2 Å². The first kappa shape index (κ1) is 17.2. The number of pyridine rings is 1. The summed E-state index contributed by atoms with van der Waals surface area (Å²) in [7, 11) is 3.09. The molecule has 26 heavy (non-hydrogen) atoms. The van der Waals surface area contributed by atoms with Crippen LogP contribution in [0.1, 0.15) is 5.69 Å². The molecular weight excluding hydrogens is 336 g/mol. The van der Waals surface area contributed by atoms with Gasteiger partial charge in [-0.05, 0) is 12.1 Å². The van der Waals surface area contributed by atoms with E-state index in [4.69, 9.17) is 9.47 Å². The second-order valence-corrected chi connectivity index (χ2v) is 5.27. The fourth-order valence-corrected chi connectivity index (χ4v) is 2.23. The van der Waals surface area contributed by atoms with Crippen LogP contribution in [0.25, 0.3) is 5.69 Å². The highest BCUT2D eigenvalue weighted by atomic mass is 16.5. The molecule has 9 heteroatoms. The lowest BCUT2D eigenvalue weighted by molar-refractivity contribution is 0.251. The number of carbonyl (C=O) groups excluding carboxylic acids is 1. The molecule has 0 radical (unpaired) electrons. The van der Waals surface area contributed by atoms with Crippen LogP contribution in [0, 0.1) is 0 Å². The molecule has 0 aliphatic rings. The Morgan fingerprint density at radius 2 is 1.81 bits per heavy atom. The van der Waals surface area contributed by atoms with Crippen LogP contribution in [0.3, 0.4) is 0 Å². The minimum absolute atomic E-state index is 0.234. The monoisotopic (exact) mass is 354 g/mol. The number of hydrogen-bond donors (Lipinski definition) is 2. The molecule has 0 saturated carbocycles. The predicted molar refractivity (Wildman–Crippen MR) is 94.6 cm³/mol. The fourth-order valence-electron chi connectivity index (χ4n) is 2.23. The molecule has 2 heterocycles. The van der Waals surface area contributed by atoms with Crippen molar-refractivity contribution in [2.45, 2.75) is 6.54 Å². The van der Waals surface area contributed by atoms with Gasteiger partial charge in [0, 0.05) is 36.3 Å². The van der Waals surface area contributed by atoms with E-state index in [1.54, 1.807) is 55.7 Å². The highest BCUT2D eigenvalue weighted by Crippen LogP contribution is 2.25. The highest BCUT2D eigenvalue weighted by molar-refractivity contribution is 5.89. The van der Waals surface area contributed by atoms with E-state index in [9.17, 15) is 4.79 Å². The van der Waals surface area contributed by atoms with Crippen LogP contribution < -0.4 is 20.1 Å². The summed E-state index contributed by atoms with van der Waals surface area (Å²) < 4.78 is 12.0. The van der Waals surface area contributed by atoms with Gasteiger partial charge >= 0.3 is 6.03 Å². The van der Waals surface area contributed by atoms with E-state index >= 15 is 0 Å². The summed E-state index contributed by atoms with van der Waals surface area (Å²) in [4.78, 5) is 16.1. The van der Waals surface area contributed by atoms with Gasteiger partial charge in [0.15, 0.2) is 0 Å². The molecule has 2 aromatic heterocycles. The maximum Gasteiger partial charge on any atom is 0.319 e. The highest BCUT2D eigenvalue weighted by Gasteiger charge is 2.08. The molecule has 3 aromatic rings. The number of methoxy groups -OCH3 is 2. The summed E-state index contributed by atoms with van der Waals surface area (Å²) in [5, 5.41) is 13.5. The first-order chi connectivity index (χ1) is 12.7. The van der Waals surface area contributed by atoms with Crippen LogP contribution in [0.5, 0.6) is 11.5 Å². The summed E-state index contributed by atoms with van der Waals surface area (Å²) in [6, 6.07) is 8.37. The summed E-state index contributed by atoms with van der Waals surface area (Å²) in [5.74, 6) is 1.17. The normalized spacial score (nSPS) is 10.2. The van der Waals surface area contributed by atoms with Crippen LogP contribution in [-0.2, 0) is 6.54 Å². The van der Waals surface area contributed by atoms with Crippen LogP contribution in [0.15, 0.2) is 48.9 Å². The standard InChI is InChI=1S/C17H18N6O3/c1-25-15-7-12(8-16(9-15)26-2)20-17(24)19-10-13-11-23(22-21-13)14-3-5-18-6-4-14/h3-9,11H,10H2,1-2H3,(H2,19,20,24). The van der Waals surface area contributed by atoms with Crippen molar-refractivity contribution < 1.29 is 14.3 Å². The number of ether oxygens (including phenoxy) is 2. The number of amides is 2. The molecule has 3 rings (SSSR count). The van der Waals surface area contributed by atoms with Crippen molar-refractivity contribution in [3.05, 3.63) is 54.6 Å². The molecule has 1 aromatic carbocycles. The molecule has 0 fully saturated rings. The number of benzene rings is 1. The zero-order chi connectivity index (χ0) is 18.4. The van der Waals surface area contributed by atoms with Crippen LogP contribution in [0.2, 0.25) is 0 Å². The van der Waals surface area contributed by atoms with Crippen molar-refractivity contribution in [1.82, 2.24) is 25.3 Å². The molecule has 0 unspecified atom stereocenters. The first-order valence-electron chi connectivity index (χ1n) is 7.77. The Bertz CT molecular complexity index is 859. The molecule has 0 bridgehead atoms. The van der Waals surface area contributed by atoms with Gasteiger partial charge in [-0.25, -0.2) is 9.48 Å². The lowest BCUT2D eigenvalue weighted by Crippen LogP contribution is -2.28. The number of hydrogen-bond acceptors (Lipinski definition) is 6.